The number of halogens is 1. The average Bonchev–Trinajstić information content (AvgIpc) is 2.29. The molecule has 1 aromatic carbocycles. The van der Waals surface area contributed by atoms with Gasteiger partial charge in [-0.3, -0.25) is 0 Å². The molecule has 0 saturated heterocycles. The zero-order valence-electron chi connectivity index (χ0n) is 10.4. The molecule has 5 nitrogen and oxygen atoms in total. The quantitative estimate of drug-likeness (QED) is 0.600. The zero-order chi connectivity index (χ0) is 13.8. The Balaban J connectivity index is 2.88. The molecule has 3 N–H and O–H groups in total. The number of benzene rings is 1. The molecule has 0 saturated carbocycles. The fraction of sp³-hybridized carbons (Fsp3) is 0.455. The fourth-order valence-corrected chi connectivity index (χ4v) is 2.70. The van der Waals surface area contributed by atoms with Crippen LogP contribution in [0.2, 0.25) is 0 Å². The van der Waals surface area contributed by atoms with Crippen molar-refractivity contribution in [3.8, 4) is 0 Å². The van der Waals surface area contributed by atoms with Gasteiger partial charge < -0.3 is 10.5 Å². The number of nitrogens with one attached hydrogen (secondary N) is 1. The number of rotatable bonds is 6. The molecule has 0 aliphatic rings. The number of nitrogens with two attached hydrogens (primary N) is 1. The lowest BCUT2D eigenvalue weighted by Crippen LogP contribution is -2.28. The van der Waals surface area contributed by atoms with Gasteiger partial charge in [0.25, 0.3) is 0 Å². The van der Waals surface area contributed by atoms with E-state index < -0.39 is 15.8 Å². The molecule has 0 heterocycles. The van der Waals surface area contributed by atoms with Gasteiger partial charge in [0.1, 0.15) is 5.82 Å². The number of aryl methyl sites for hydroxylation is 1. The van der Waals surface area contributed by atoms with Gasteiger partial charge in [-0.2, -0.15) is 0 Å². The zero-order valence-corrected chi connectivity index (χ0v) is 11.2. The van der Waals surface area contributed by atoms with E-state index in [-0.39, 0.29) is 23.7 Å². The average molecular weight is 276 g/mol. The van der Waals surface area contributed by atoms with Crippen LogP contribution in [0, 0.1) is 12.7 Å². The molecule has 0 atom stereocenters. The van der Waals surface area contributed by atoms with E-state index in [2.05, 4.69) is 4.72 Å². The number of nitrogen functional groups attached to an aromatic ring is 1. The van der Waals surface area contributed by atoms with E-state index in [4.69, 9.17) is 10.5 Å². The molecule has 1 aromatic rings. The summed E-state index contributed by atoms with van der Waals surface area (Å²) in [6.45, 7) is 4.29. The fourth-order valence-electron chi connectivity index (χ4n) is 1.43. The van der Waals surface area contributed by atoms with Crippen molar-refractivity contribution in [2.75, 3.05) is 25.5 Å². The Morgan fingerprint density at radius 2 is 2.11 bits per heavy atom. The minimum atomic E-state index is -3.69. The number of hydrogen-bond acceptors (Lipinski definition) is 4. The Bertz CT molecular complexity index is 517. The molecular formula is C11H17FN2O3S. The minimum Gasteiger partial charge on any atom is -0.396 e. The highest BCUT2D eigenvalue weighted by Gasteiger charge is 2.18. The number of sulfonamides is 1. The van der Waals surface area contributed by atoms with Gasteiger partial charge in [0.2, 0.25) is 10.0 Å². The second-order valence-electron chi connectivity index (χ2n) is 3.73. The van der Waals surface area contributed by atoms with Crippen molar-refractivity contribution >= 4 is 15.7 Å². The van der Waals surface area contributed by atoms with E-state index in [9.17, 15) is 12.8 Å². The number of anilines is 1. The smallest absolute Gasteiger partial charge is 0.240 e. The largest absolute Gasteiger partial charge is 0.396 e. The molecule has 7 heteroatoms. The lowest BCUT2D eigenvalue weighted by molar-refractivity contribution is 0.153. The van der Waals surface area contributed by atoms with Crippen LogP contribution in [-0.4, -0.2) is 28.2 Å². The Morgan fingerprint density at radius 1 is 1.44 bits per heavy atom. The van der Waals surface area contributed by atoms with Gasteiger partial charge in [-0.05, 0) is 31.5 Å². The van der Waals surface area contributed by atoms with E-state index in [1.54, 1.807) is 0 Å². The van der Waals surface area contributed by atoms with Gasteiger partial charge in [-0.1, -0.05) is 0 Å². The van der Waals surface area contributed by atoms with Gasteiger partial charge in [0.15, 0.2) is 0 Å². The lowest BCUT2D eigenvalue weighted by atomic mass is 10.2. The highest BCUT2D eigenvalue weighted by Crippen LogP contribution is 2.21. The van der Waals surface area contributed by atoms with Crippen molar-refractivity contribution in [3.63, 3.8) is 0 Å². The van der Waals surface area contributed by atoms with Gasteiger partial charge in [-0.25, -0.2) is 17.5 Å². The van der Waals surface area contributed by atoms with Crippen molar-refractivity contribution in [2.24, 2.45) is 0 Å². The van der Waals surface area contributed by atoms with Crippen LogP contribution in [0.5, 0.6) is 0 Å². The van der Waals surface area contributed by atoms with Crippen molar-refractivity contribution in [1.29, 1.82) is 0 Å². The summed E-state index contributed by atoms with van der Waals surface area (Å²) in [7, 11) is -3.69. The third kappa shape index (κ3) is 3.66. The molecular weight excluding hydrogens is 259 g/mol. The summed E-state index contributed by atoms with van der Waals surface area (Å²) in [6.07, 6.45) is 0. The van der Waals surface area contributed by atoms with Gasteiger partial charge in [-0.15, -0.1) is 0 Å². The molecule has 18 heavy (non-hydrogen) atoms. The van der Waals surface area contributed by atoms with Crippen LogP contribution in [0.3, 0.4) is 0 Å². The first-order valence-electron chi connectivity index (χ1n) is 5.51. The van der Waals surface area contributed by atoms with Crippen LogP contribution >= 0.6 is 0 Å². The number of hydrogen-bond donors (Lipinski definition) is 2. The molecule has 0 radical (unpaired) electrons. The molecule has 0 aliphatic heterocycles. The lowest BCUT2D eigenvalue weighted by Gasteiger charge is -2.10. The van der Waals surface area contributed by atoms with Crippen molar-refractivity contribution in [2.45, 2.75) is 18.7 Å². The summed E-state index contributed by atoms with van der Waals surface area (Å²) in [5.41, 5.74) is 5.49. The molecule has 0 aromatic heterocycles. The summed E-state index contributed by atoms with van der Waals surface area (Å²) >= 11 is 0. The molecule has 0 bridgehead atoms. The van der Waals surface area contributed by atoms with Crippen molar-refractivity contribution in [3.05, 3.63) is 23.5 Å². The van der Waals surface area contributed by atoms with E-state index in [0.717, 1.165) is 12.1 Å². The van der Waals surface area contributed by atoms with E-state index >= 15 is 0 Å². The van der Waals surface area contributed by atoms with Gasteiger partial charge in [0, 0.05) is 13.2 Å². The summed E-state index contributed by atoms with van der Waals surface area (Å²) < 4.78 is 44.4. The van der Waals surface area contributed by atoms with E-state index in [0.29, 0.717) is 12.2 Å². The van der Waals surface area contributed by atoms with Crippen LogP contribution in [0.15, 0.2) is 17.0 Å². The Kier molecular flexibility index (Phi) is 5.06. The predicted octanol–water partition coefficient (Wildman–Crippen LogP) is 1.03. The highest BCUT2D eigenvalue weighted by molar-refractivity contribution is 7.89. The molecule has 0 fully saturated rings. The predicted molar refractivity (Wildman–Crippen MR) is 67.2 cm³/mol. The highest BCUT2D eigenvalue weighted by atomic mass is 32.2. The molecule has 0 spiro atoms. The van der Waals surface area contributed by atoms with Crippen molar-refractivity contribution < 1.29 is 17.5 Å². The van der Waals surface area contributed by atoms with Crippen LogP contribution < -0.4 is 10.5 Å². The molecule has 0 amide bonds. The molecule has 1 rings (SSSR count). The Hall–Kier alpha value is -1.18. The summed E-state index contributed by atoms with van der Waals surface area (Å²) in [6, 6.07) is 2.22. The van der Waals surface area contributed by atoms with E-state index in [1.807, 2.05) is 6.92 Å². The standard InChI is InChI=1S/C11H17FN2O3S/c1-3-17-5-4-14-18(15,16)11-7-10(13)9(12)6-8(11)2/h6-7,14H,3-5,13H2,1-2H3. The monoisotopic (exact) mass is 276 g/mol. The van der Waals surface area contributed by atoms with Gasteiger partial charge >= 0.3 is 0 Å². The van der Waals surface area contributed by atoms with Crippen molar-refractivity contribution in [1.82, 2.24) is 4.72 Å². The molecule has 0 unspecified atom stereocenters. The first-order valence-corrected chi connectivity index (χ1v) is 7.00. The number of ether oxygens (including phenoxy) is 1. The third-order valence-corrected chi connectivity index (χ3v) is 3.93. The van der Waals surface area contributed by atoms with Crippen LogP contribution in [0.1, 0.15) is 12.5 Å². The maximum Gasteiger partial charge on any atom is 0.240 e. The van der Waals surface area contributed by atoms with Crippen LogP contribution in [0.25, 0.3) is 0 Å². The van der Waals surface area contributed by atoms with Crippen LogP contribution in [0.4, 0.5) is 10.1 Å². The second kappa shape index (κ2) is 6.12. The van der Waals surface area contributed by atoms with Crippen LogP contribution in [-0.2, 0) is 14.8 Å². The molecule has 0 aliphatic carbocycles. The summed E-state index contributed by atoms with van der Waals surface area (Å²) in [5, 5.41) is 0. The first-order chi connectivity index (χ1) is 8.38. The summed E-state index contributed by atoms with van der Waals surface area (Å²) in [5.74, 6) is -0.624. The second-order valence-corrected chi connectivity index (χ2v) is 5.47. The first kappa shape index (κ1) is 14.9. The van der Waals surface area contributed by atoms with Gasteiger partial charge in [0.05, 0.1) is 17.2 Å². The minimum absolute atomic E-state index is 0.0158. The maximum atomic E-state index is 13.1. The topological polar surface area (TPSA) is 81.4 Å². The SMILES string of the molecule is CCOCCNS(=O)(=O)c1cc(N)c(F)cc1C. The third-order valence-electron chi connectivity index (χ3n) is 2.33. The molecule has 102 valence electrons. The summed E-state index contributed by atoms with van der Waals surface area (Å²) in [4.78, 5) is -0.0158. The Morgan fingerprint density at radius 3 is 2.72 bits per heavy atom. The van der Waals surface area contributed by atoms with E-state index in [1.165, 1.54) is 6.92 Å². The normalized spacial score (nSPS) is 11.7. The maximum absolute atomic E-state index is 13.1. The Labute approximate surface area is 106 Å².